The summed E-state index contributed by atoms with van der Waals surface area (Å²) in [5, 5.41) is 3.41. The molecular formula is C22H26ClF3N2. The molecule has 1 saturated carbocycles. The van der Waals surface area contributed by atoms with Crippen molar-refractivity contribution in [2.45, 2.75) is 31.5 Å². The van der Waals surface area contributed by atoms with Gasteiger partial charge in [-0.1, -0.05) is 49.2 Å². The van der Waals surface area contributed by atoms with Gasteiger partial charge in [0.15, 0.2) is 0 Å². The van der Waals surface area contributed by atoms with E-state index in [2.05, 4.69) is 22.3 Å². The fourth-order valence-electron chi connectivity index (χ4n) is 3.91. The lowest BCUT2D eigenvalue weighted by atomic mass is 9.95. The highest BCUT2D eigenvalue weighted by molar-refractivity contribution is 5.85. The molecule has 2 aliphatic rings. The zero-order valence-corrected chi connectivity index (χ0v) is 16.5. The van der Waals surface area contributed by atoms with Gasteiger partial charge in [-0.25, -0.2) is 0 Å². The average Bonchev–Trinajstić information content (AvgIpc) is 3.51. The summed E-state index contributed by atoms with van der Waals surface area (Å²) in [5.74, 6) is 0.847. The van der Waals surface area contributed by atoms with Crippen molar-refractivity contribution < 1.29 is 13.2 Å². The third kappa shape index (κ3) is 5.07. The first-order valence-corrected chi connectivity index (χ1v) is 9.73. The standard InChI is InChI=1S/C22H25F3N2.ClH/c23-22(24,25)20-9-7-18(8-10-20)17-3-5-19(6-4-17)21(15-16-1-2-16)27-13-11-26-12-14-27;/h3-10,16,21,26H,1-2,11-15H2;1H/t21-;/m0./s1. The summed E-state index contributed by atoms with van der Waals surface area (Å²) >= 11 is 0. The molecule has 1 aliphatic carbocycles. The third-order valence-corrected chi connectivity index (χ3v) is 5.69. The second-order valence-corrected chi connectivity index (χ2v) is 7.68. The van der Waals surface area contributed by atoms with Crippen LogP contribution < -0.4 is 5.32 Å². The zero-order valence-electron chi connectivity index (χ0n) is 15.7. The normalized spacial score (nSPS) is 19.1. The molecule has 1 aliphatic heterocycles. The van der Waals surface area contributed by atoms with Crippen LogP contribution in [0.3, 0.4) is 0 Å². The predicted octanol–water partition coefficient (Wildman–Crippen LogP) is 5.54. The fourth-order valence-corrected chi connectivity index (χ4v) is 3.91. The van der Waals surface area contributed by atoms with Crippen molar-refractivity contribution in [2.24, 2.45) is 5.92 Å². The molecule has 1 saturated heterocycles. The van der Waals surface area contributed by atoms with E-state index < -0.39 is 11.7 Å². The van der Waals surface area contributed by atoms with Crippen LogP contribution in [-0.4, -0.2) is 31.1 Å². The monoisotopic (exact) mass is 410 g/mol. The minimum absolute atomic E-state index is 0. The average molecular weight is 411 g/mol. The number of nitrogens with zero attached hydrogens (tertiary/aromatic N) is 1. The van der Waals surface area contributed by atoms with E-state index in [0.29, 0.717) is 6.04 Å². The largest absolute Gasteiger partial charge is 0.416 e. The first kappa shape index (κ1) is 21.2. The number of alkyl halides is 3. The van der Waals surface area contributed by atoms with Gasteiger partial charge in [-0.2, -0.15) is 13.2 Å². The van der Waals surface area contributed by atoms with Gasteiger partial charge in [0.1, 0.15) is 0 Å². The molecule has 4 rings (SSSR count). The maximum Gasteiger partial charge on any atom is 0.416 e. The van der Waals surface area contributed by atoms with Crippen molar-refractivity contribution in [1.82, 2.24) is 10.2 Å². The van der Waals surface area contributed by atoms with Crippen LogP contribution >= 0.6 is 12.4 Å². The number of hydrogen-bond donors (Lipinski definition) is 1. The molecule has 152 valence electrons. The summed E-state index contributed by atoms with van der Waals surface area (Å²) < 4.78 is 38.2. The number of hydrogen-bond acceptors (Lipinski definition) is 2. The molecule has 28 heavy (non-hydrogen) atoms. The Kier molecular flexibility index (Phi) is 6.69. The Morgan fingerprint density at radius 3 is 1.93 bits per heavy atom. The summed E-state index contributed by atoms with van der Waals surface area (Å²) in [6, 6.07) is 14.2. The molecule has 2 fully saturated rings. The Labute approximate surface area is 170 Å². The Balaban J connectivity index is 0.00000225. The number of piperazine rings is 1. The highest BCUT2D eigenvalue weighted by Gasteiger charge is 2.31. The van der Waals surface area contributed by atoms with Crippen LogP contribution in [0.1, 0.15) is 36.4 Å². The van der Waals surface area contributed by atoms with Crippen molar-refractivity contribution in [2.75, 3.05) is 26.2 Å². The van der Waals surface area contributed by atoms with Gasteiger partial charge >= 0.3 is 6.18 Å². The van der Waals surface area contributed by atoms with Crippen LogP contribution in [0.2, 0.25) is 0 Å². The van der Waals surface area contributed by atoms with Crippen LogP contribution in [0, 0.1) is 5.92 Å². The van der Waals surface area contributed by atoms with Crippen molar-refractivity contribution in [3.8, 4) is 11.1 Å². The maximum atomic E-state index is 12.7. The minimum atomic E-state index is -4.29. The van der Waals surface area contributed by atoms with Crippen LogP contribution in [0.4, 0.5) is 13.2 Å². The molecule has 2 aromatic rings. The van der Waals surface area contributed by atoms with E-state index in [1.807, 2.05) is 12.1 Å². The van der Waals surface area contributed by atoms with Crippen molar-refractivity contribution in [1.29, 1.82) is 0 Å². The number of rotatable bonds is 5. The summed E-state index contributed by atoms with van der Waals surface area (Å²) in [6.45, 7) is 4.20. The van der Waals surface area contributed by atoms with E-state index in [-0.39, 0.29) is 12.4 Å². The quantitative estimate of drug-likeness (QED) is 0.696. The van der Waals surface area contributed by atoms with Gasteiger partial charge in [-0.05, 0) is 41.2 Å². The molecule has 0 unspecified atom stereocenters. The summed E-state index contributed by atoms with van der Waals surface area (Å²) in [7, 11) is 0. The smallest absolute Gasteiger partial charge is 0.314 e. The van der Waals surface area contributed by atoms with Crippen LogP contribution in [-0.2, 0) is 6.18 Å². The molecule has 1 heterocycles. The van der Waals surface area contributed by atoms with Crippen molar-refractivity contribution >= 4 is 12.4 Å². The van der Waals surface area contributed by atoms with Gasteiger partial charge in [-0.15, -0.1) is 12.4 Å². The first-order chi connectivity index (χ1) is 13.0. The molecule has 2 aromatic carbocycles. The lowest BCUT2D eigenvalue weighted by Crippen LogP contribution is -2.45. The Morgan fingerprint density at radius 2 is 1.43 bits per heavy atom. The number of halogens is 4. The highest BCUT2D eigenvalue weighted by atomic mass is 35.5. The van der Waals surface area contributed by atoms with Gasteiger partial charge in [0.05, 0.1) is 5.56 Å². The molecule has 0 bridgehead atoms. The third-order valence-electron chi connectivity index (χ3n) is 5.69. The minimum Gasteiger partial charge on any atom is -0.314 e. The second-order valence-electron chi connectivity index (χ2n) is 7.68. The molecule has 0 radical (unpaired) electrons. The molecule has 2 nitrogen and oxygen atoms in total. The van der Waals surface area contributed by atoms with Gasteiger partial charge in [0.2, 0.25) is 0 Å². The molecule has 1 N–H and O–H groups in total. The Bertz CT molecular complexity index is 749. The lowest BCUT2D eigenvalue weighted by molar-refractivity contribution is -0.137. The van der Waals surface area contributed by atoms with Gasteiger partial charge in [0, 0.05) is 32.2 Å². The summed E-state index contributed by atoms with van der Waals surface area (Å²) in [5.41, 5.74) is 2.49. The number of nitrogens with one attached hydrogen (secondary N) is 1. The van der Waals surface area contributed by atoms with E-state index in [4.69, 9.17) is 0 Å². The fraction of sp³-hybridized carbons (Fsp3) is 0.455. The second kappa shape index (κ2) is 8.85. The Hall–Kier alpha value is -1.56. The summed E-state index contributed by atoms with van der Waals surface area (Å²) in [6.07, 6.45) is -0.403. The van der Waals surface area contributed by atoms with Crippen molar-refractivity contribution in [3.63, 3.8) is 0 Å². The van der Waals surface area contributed by atoms with Crippen molar-refractivity contribution in [3.05, 3.63) is 59.7 Å². The summed E-state index contributed by atoms with van der Waals surface area (Å²) in [4.78, 5) is 2.57. The molecule has 0 spiro atoms. The molecule has 6 heteroatoms. The molecule has 0 aromatic heterocycles. The van der Waals surface area contributed by atoms with E-state index in [0.717, 1.165) is 55.4 Å². The van der Waals surface area contributed by atoms with E-state index in [1.54, 1.807) is 12.1 Å². The topological polar surface area (TPSA) is 15.3 Å². The maximum absolute atomic E-state index is 12.7. The van der Waals surface area contributed by atoms with Gasteiger partial charge in [0.25, 0.3) is 0 Å². The van der Waals surface area contributed by atoms with Gasteiger partial charge < -0.3 is 5.32 Å². The molecular weight excluding hydrogens is 385 g/mol. The molecule has 1 atom stereocenters. The first-order valence-electron chi connectivity index (χ1n) is 9.73. The van der Waals surface area contributed by atoms with E-state index in [9.17, 15) is 13.2 Å². The molecule has 0 amide bonds. The Morgan fingerprint density at radius 1 is 0.893 bits per heavy atom. The van der Waals surface area contributed by atoms with Crippen LogP contribution in [0.15, 0.2) is 48.5 Å². The van der Waals surface area contributed by atoms with E-state index >= 15 is 0 Å². The zero-order chi connectivity index (χ0) is 18.9. The van der Waals surface area contributed by atoms with Crippen LogP contribution in [0.25, 0.3) is 11.1 Å². The number of benzene rings is 2. The lowest BCUT2D eigenvalue weighted by Gasteiger charge is -2.35. The van der Waals surface area contributed by atoms with Crippen LogP contribution in [0.5, 0.6) is 0 Å². The van der Waals surface area contributed by atoms with E-state index in [1.165, 1.54) is 24.8 Å². The van der Waals surface area contributed by atoms with Gasteiger partial charge in [-0.3, -0.25) is 4.90 Å². The SMILES string of the molecule is Cl.FC(F)(F)c1ccc(-c2ccc([C@H](CC3CC3)N3CCNCC3)cc2)cc1. The highest BCUT2D eigenvalue weighted by Crippen LogP contribution is 2.40. The predicted molar refractivity (Wildman–Crippen MR) is 109 cm³/mol.